The smallest absolute Gasteiger partial charge is 0.412 e. The Balaban J connectivity index is 1.55. The van der Waals surface area contributed by atoms with E-state index in [1.807, 2.05) is 31.2 Å². The second-order valence-electron chi connectivity index (χ2n) is 12.6. The van der Waals surface area contributed by atoms with E-state index < -0.39 is 23.7 Å². The van der Waals surface area contributed by atoms with Crippen LogP contribution in [0.4, 0.5) is 26.7 Å². The molecule has 11 nitrogen and oxygen atoms in total. The SMILES string of the molecule is Cc1ccc(NC(=O)N(CCCN2CCN(C)CC2)CC2=CN(c3ccccc3NC(=O)OC(C)(C)C)C(C(=O)O)C=C2)cc1. The molecule has 1 fully saturated rings. The van der Waals surface area contributed by atoms with Crippen LogP contribution in [-0.4, -0.2) is 102 Å². The molecule has 4 rings (SSSR count). The van der Waals surface area contributed by atoms with E-state index in [0.717, 1.165) is 50.3 Å². The number of urea groups is 1. The molecule has 0 radical (unpaired) electrons. The maximum atomic E-state index is 13.6. The molecule has 1 atom stereocenters. The lowest BCUT2D eigenvalue weighted by molar-refractivity contribution is -0.137. The van der Waals surface area contributed by atoms with Crippen LogP contribution < -0.4 is 15.5 Å². The standard InChI is InChI=1S/C34H46N6O5/c1-25-11-14-27(15-12-25)35-32(43)39(18-8-17-38-21-19-37(5)20-22-38)23-26-13-16-30(31(41)42)40(24-26)29-10-7-6-9-28(29)36-33(44)45-34(2,3)4/h6-7,9-16,24,30H,8,17-23H2,1-5H3,(H,35,43)(H,36,44)(H,41,42). The number of benzene rings is 2. The van der Waals surface area contributed by atoms with Crippen molar-refractivity contribution in [3.63, 3.8) is 0 Å². The zero-order chi connectivity index (χ0) is 32.6. The number of carboxylic acid groups (broad SMARTS) is 1. The summed E-state index contributed by atoms with van der Waals surface area (Å²) in [6.45, 7) is 13.0. The quantitative estimate of drug-likeness (QED) is 0.332. The maximum Gasteiger partial charge on any atom is 0.412 e. The highest BCUT2D eigenvalue weighted by Crippen LogP contribution is 2.31. The molecule has 3 N–H and O–H groups in total. The summed E-state index contributed by atoms with van der Waals surface area (Å²) in [5.74, 6) is -1.05. The van der Waals surface area contributed by atoms with Gasteiger partial charge in [0, 0.05) is 51.2 Å². The minimum atomic E-state index is -1.05. The number of hydrogen-bond acceptors (Lipinski definition) is 7. The van der Waals surface area contributed by atoms with Gasteiger partial charge in [-0.05, 0) is 77.5 Å². The van der Waals surface area contributed by atoms with Crippen molar-refractivity contribution in [1.82, 2.24) is 14.7 Å². The lowest BCUT2D eigenvalue weighted by atomic mass is 10.1. The Morgan fingerprint density at radius 2 is 1.69 bits per heavy atom. The highest BCUT2D eigenvalue weighted by molar-refractivity contribution is 5.93. The summed E-state index contributed by atoms with van der Waals surface area (Å²) in [6.07, 6.45) is 5.25. The van der Waals surface area contributed by atoms with E-state index in [2.05, 4.69) is 27.5 Å². The van der Waals surface area contributed by atoms with Crippen LogP contribution in [0.15, 0.2) is 72.5 Å². The molecule has 1 saturated heterocycles. The molecule has 0 aromatic heterocycles. The van der Waals surface area contributed by atoms with E-state index in [4.69, 9.17) is 4.74 Å². The van der Waals surface area contributed by atoms with Crippen molar-refractivity contribution in [1.29, 1.82) is 0 Å². The Morgan fingerprint density at radius 3 is 2.36 bits per heavy atom. The number of aliphatic carboxylic acids is 1. The van der Waals surface area contributed by atoms with Gasteiger partial charge < -0.3 is 34.8 Å². The van der Waals surface area contributed by atoms with Gasteiger partial charge in [-0.1, -0.05) is 42.0 Å². The van der Waals surface area contributed by atoms with Crippen molar-refractivity contribution >= 4 is 35.2 Å². The first-order valence-corrected chi connectivity index (χ1v) is 15.4. The fourth-order valence-electron chi connectivity index (χ4n) is 5.21. The third-order valence-corrected chi connectivity index (χ3v) is 7.63. The van der Waals surface area contributed by atoms with E-state index in [1.165, 1.54) is 0 Å². The first-order chi connectivity index (χ1) is 21.4. The Labute approximate surface area is 266 Å². The zero-order valence-electron chi connectivity index (χ0n) is 27.0. The van der Waals surface area contributed by atoms with Gasteiger partial charge in [0.25, 0.3) is 0 Å². The number of rotatable bonds is 10. The molecule has 0 aliphatic carbocycles. The lowest BCUT2D eigenvalue weighted by Gasteiger charge is -2.34. The normalized spacial score (nSPS) is 17.4. The lowest BCUT2D eigenvalue weighted by Crippen LogP contribution is -2.45. The summed E-state index contributed by atoms with van der Waals surface area (Å²) in [6, 6.07) is 13.4. The van der Waals surface area contributed by atoms with Gasteiger partial charge in [0.05, 0.1) is 11.4 Å². The fourth-order valence-corrected chi connectivity index (χ4v) is 5.21. The van der Waals surface area contributed by atoms with Gasteiger partial charge >= 0.3 is 18.1 Å². The number of anilines is 3. The number of para-hydroxylation sites is 2. The molecule has 2 aliphatic heterocycles. The molecule has 0 bridgehead atoms. The van der Waals surface area contributed by atoms with Crippen molar-refractivity contribution in [3.05, 3.63) is 78.0 Å². The van der Waals surface area contributed by atoms with Crippen molar-refractivity contribution < 1.29 is 24.2 Å². The van der Waals surface area contributed by atoms with Crippen LogP contribution in [0.5, 0.6) is 0 Å². The second kappa shape index (κ2) is 15.1. The summed E-state index contributed by atoms with van der Waals surface area (Å²) < 4.78 is 5.43. The van der Waals surface area contributed by atoms with E-state index in [0.29, 0.717) is 23.6 Å². The Morgan fingerprint density at radius 1 is 1.00 bits per heavy atom. The van der Waals surface area contributed by atoms with Crippen LogP contribution in [0.2, 0.25) is 0 Å². The van der Waals surface area contributed by atoms with Crippen LogP contribution in [0.1, 0.15) is 32.8 Å². The molecule has 45 heavy (non-hydrogen) atoms. The molecular weight excluding hydrogens is 572 g/mol. The van der Waals surface area contributed by atoms with Crippen LogP contribution in [-0.2, 0) is 9.53 Å². The van der Waals surface area contributed by atoms with Gasteiger partial charge in [0.15, 0.2) is 0 Å². The topological polar surface area (TPSA) is 118 Å². The maximum absolute atomic E-state index is 13.6. The predicted octanol–water partition coefficient (Wildman–Crippen LogP) is 5.23. The summed E-state index contributed by atoms with van der Waals surface area (Å²) >= 11 is 0. The van der Waals surface area contributed by atoms with E-state index >= 15 is 0 Å². The number of carbonyl (C=O) groups is 3. The average Bonchev–Trinajstić information content (AvgIpc) is 2.98. The number of amides is 3. The Kier molecular flexibility index (Phi) is 11.2. The number of nitrogens with one attached hydrogen (secondary N) is 2. The number of nitrogens with zero attached hydrogens (tertiary/aromatic N) is 4. The molecule has 0 spiro atoms. The van der Waals surface area contributed by atoms with Crippen molar-refractivity contribution in [3.8, 4) is 0 Å². The number of carboxylic acids is 1. The summed E-state index contributed by atoms with van der Waals surface area (Å²) in [7, 11) is 2.13. The van der Waals surface area contributed by atoms with Crippen molar-refractivity contribution in [2.24, 2.45) is 0 Å². The number of piperazine rings is 1. The molecule has 0 saturated carbocycles. The summed E-state index contributed by atoms with van der Waals surface area (Å²) in [5, 5.41) is 15.9. The zero-order valence-corrected chi connectivity index (χ0v) is 27.0. The third-order valence-electron chi connectivity index (χ3n) is 7.63. The van der Waals surface area contributed by atoms with E-state index in [9.17, 15) is 19.5 Å². The monoisotopic (exact) mass is 618 g/mol. The van der Waals surface area contributed by atoms with Crippen LogP contribution in [0, 0.1) is 6.92 Å². The molecule has 2 heterocycles. The minimum Gasteiger partial charge on any atom is -0.479 e. The molecular formula is C34H46N6O5. The van der Waals surface area contributed by atoms with Gasteiger partial charge in [0.2, 0.25) is 0 Å². The van der Waals surface area contributed by atoms with E-state index in [1.54, 1.807) is 73.2 Å². The summed E-state index contributed by atoms with van der Waals surface area (Å²) in [5.41, 5.74) is 2.75. The number of carbonyl (C=O) groups excluding carboxylic acids is 2. The first kappa shape index (κ1) is 33.5. The van der Waals surface area contributed by atoms with Crippen LogP contribution in [0.25, 0.3) is 0 Å². The highest BCUT2D eigenvalue weighted by Gasteiger charge is 2.29. The van der Waals surface area contributed by atoms with Crippen LogP contribution in [0.3, 0.4) is 0 Å². The number of likely N-dealkylation sites (N-methyl/N-ethyl adjacent to an activating group) is 1. The van der Waals surface area contributed by atoms with Crippen LogP contribution >= 0.6 is 0 Å². The fraction of sp³-hybridized carbons (Fsp3) is 0.441. The summed E-state index contributed by atoms with van der Waals surface area (Å²) in [4.78, 5) is 46.6. The molecule has 242 valence electrons. The van der Waals surface area contributed by atoms with Crippen molar-refractivity contribution in [2.75, 3.05) is 68.4 Å². The third kappa shape index (κ3) is 10.1. The molecule has 2 aromatic carbocycles. The first-order valence-electron chi connectivity index (χ1n) is 15.4. The number of aryl methyl sites for hydroxylation is 1. The minimum absolute atomic E-state index is 0.231. The Hall–Kier alpha value is -4.35. The predicted molar refractivity (Wildman–Crippen MR) is 178 cm³/mol. The van der Waals surface area contributed by atoms with Gasteiger partial charge in [-0.3, -0.25) is 5.32 Å². The largest absolute Gasteiger partial charge is 0.479 e. The number of hydrogen-bond donors (Lipinski definition) is 3. The average molecular weight is 619 g/mol. The van der Waals surface area contributed by atoms with Gasteiger partial charge in [-0.15, -0.1) is 0 Å². The molecule has 3 amide bonds. The second-order valence-corrected chi connectivity index (χ2v) is 12.6. The van der Waals surface area contributed by atoms with Gasteiger partial charge in [-0.25, -0.2) is 14.4 Å². The highest BCUT2D eigenvalue weighted by atomic mass is 16.6. The van der Waals surface area contributed by atoms with Gasteiger partial charge in [0.1, 0.15) is 11.6 Å². The molecule has 11 heteroatoms. The molecule has 2 aliphatic rings. The molecule has 1 unspecified atom stereocenters. The molecule has 2 aromatic rings. The number of ether oxygens (including phenoxy) is 1. The van der Waals surface area contributed by atoms with Crippen molar-refractivity contribution in [2.45, 2.75) is 45.8 Å². The Bertz CT molecular complexity index is 1390. The van der Waals surface area contributed by atoms with E-state index in [-0.39, 0.29) is 12.6 Å². The van der Waals surface area contributed by atoms with Gasteiger partial charge in [-0.2, -0.15) is 0 Å².